The van der Waals surface area contributed by atoms with Crippen LogP contribution in [0.2, 0.25) is 0 Å². The van der Waals surface area contributed by atoms with E-state index in [1.165, 1.54) is 6.07 Å². The Hall–Kier alpha value is -1.44. The van der Waals surface area contributed by atoms with E-state index in [9.17, 15) is 4.39 Å². The highest BCUT2D eigenvalue weighted by molar-refractivity contribution is 5.34. The predicted octanol–water partition coefficient (Wildman–Crippen LogP) is 3.13. The van der Waals surface area contributed by atoms with E-state index < -0.39 is 5.82 Å². The zero-order valence-corrected chi connectivity index (χ0v) is 11.9. The second-order valence-electron chi connectivity index (χ2n) is 5.27. The molecule has 1 aromatic carbocycles. The van der Waals surface area contributed by atoms with Crippen LogP contribution in [-0.4, -0.2) is 18.7 Å². The van der Waals surface area contributed by atoms with Crippen molar-refractivity contribution in [2.24, 2.45) is 0 Å². The summed E-state index contributed by atoms with van der Waals surface area (Å²) in [6.07, 6.45) is 4.69. The third-order valence-electron chi connectivity index (χ3n) is 3.80. The standard InChI is InChI=1S/C16H21FN2O/c1-2-19-14-4-6-15(7-5-14)20-11-12-3-8-16(17)13(9-12)10-18/h3,8-9,14-15,19H,2,4-7,11H2,1H3. The number of benzene rings is 1. The van der Waals surface area contributed by atoms with E-state index in [2.05, 4.69) is 12.2 Å². The third-order valence-corrected chi connectivity index (χ3v) is 3.80. The average Bonchev–Trinajstić information content (AvgIpc) is 2.48. The van der Waals surface area contributed by atoms with E-state index >= 15 is 0 Å². The number of rotatable bonds is 5. The largest absolute Gasteiger partial charge is 0.374 e. The van der Waals surface area contributed by atoms with Gasteiger partial charge in [0.2, 0.25) is 0 Å². The van der Waals surface area contributed by atoms with Crippen molar-refractivity contribution in [1.29, 1.82) is 5.26 Å². The molecular formula is C16H21FN2O. The van der Waals surface area contributed by atoms with Gasteiger partial charge in [0.25, 0.3) is 0 Å². The summed E-state index contributed by atoms with van der Waals surface area (Å²) < 4.78 is 19.1. The van der Waals surface area contributed by atoms with Crippen LogP contribution in [0.15, 0.2) is 18.2 Å². The minimum Gasteiger partial charge on any atom is -0.374 e. The molecule has 0 amide bonds. The zero-order valence-electron chi connectivity index (χ0n) is 11.9. The van der Waals surface area contributed by atoms with Crippen LogP contribution in [0.4, 0.5) is 4.39 Å². The molecule has 1 saturated carbocycles. The molecule has 20 heavy (non-hydrogen) atoms. The number of nitriles is 1. The lowest BCUT2D eigenvalue weighted by atomic mass is 9.93. The maximum atomic E-state index is 13.2. The Morgan fingerprint density at radius 1 is 1.35 bits per heavy atom. The van der Waals surface area contributed by atoms with Gasteiger partial charge in [0, 0.05) is 6.04 Å². The Balaban J connectivity index is 1.80. The minimum atomic E-state index is -0.470. The first-order valence-electron chi connectivity index (χ1n) is 7.26. The van der Waals surface area contributed by atoms with Gasteiger partial charge < -0.3 is 10.1 Å². The number of halogens is 1. The molecule has 1 N–H and O–H groups in total. The van der Waals surface area contributed by atoms with Gasteiger partial charge in [-0.05, 0) is 49.9 Å². The molecule has 3 nitrogen and oxygen atoms in total. The lowest BCUT2D eigenvalue weighted by molar-refractivity contribution is 0.0114. The summed E-state index contributed by atoms with van der Waals surface area (Å²) in [5.41, 5.74) is 0.943. The van der Waals surface area contributed by atoms with E-state index in [0.29, 0.717) is 12.6 Å². The van der Waals surface area contributed by atoms with Gasteiger partial charge in [0.1, 0.15) is 11.9 Å². The normalized spacial score (nSPS) is 22.4. The SMILES string of the molecule is CCNC1CCC(OCc2ccc(F)c(C#N)c2)CC1. The molecule has 0 heterocycles. The van der Waals surface area contributed by atoms with Gasteiger partial charge in [-0.1, -0.05) is 13.0 Å². The lowest BCUT2D eigenvalue weighted by Gasteiger charge is -2.29. The molecule has 2 rings (SSSR count). The Morgan fingerprint density at radius 3 is 2.75 bits per heavy atom. The molecule has 0 atom stereocenters. The van der Waals surface area contributed by atoms with Crippen molar-refractivity contribution in [3.63, 3.8) is 0 Å². The second-order valence-corrected chi connectivity index (χ2v) is 5.27. The molecule has 0 unspecified atom stereocenters. The van der Waals surface area contributed by atoms with Gasteiger partial charge in [0.15, 0.2) is 0 Å². The highest BCUT2D eigenvalue weighted by Crippen LogP contribution is 2.22. The molecule has 0 aromatic heterocycles. The monoisotopic (exact) mass is 276 g/mol. The molecule has 0 aliphatic heterocycles. The van der Waals surface area contributed by atoms with Crippen LogP contribution in [-0.2, 0) is 11.3 Å². The van der Waals surface area contributed by atoms with E-state index in [1.807, 2.05) is 6.07 Å². The zero-order chi connectivity index (χ0) is 14.4. The van der Waals surface area contributed by atoms with Crippen molar-refractivity contribution in [2.45, 2.75) is 51.4 Å². The first-order valence-corrected chi connectivity index (χ1v) is 7.26. The molecule has 0 radical (unpaired) electrons. The van der Waals surface area contributed by atoms with Crippen LogP contribution >= 0.6 is 0 Å². The third kappa shape index (κ3) is 4.03. The summed E-state index contributed by atoms with van der Waals surface area (Å²) in [7, 11) is 0. The number of hydrogen-bond donors (Lipinski definition) is 1. The second kappa shape index (κ2) is 7.37. The molecule has 1 fully saturated rings. The van der Waals surface area contributed by atoms with Gasteiger partial charge in [-0.25, -0.2) is 4.39 Å². The summed E-state index contributed by atoms with van der Waals surface area (Å²) in [6.45, 7) is 3.60. The molecule has 0 spiro atoms. The van der Waals surface area contributed by atoms with Gasteiger partial charge >= 0.3 is 0 Å². The molecule has 1 aliphatic rings. The van der Waals surface area contributed by atoms with Crippen molar-refractivity contribution in [3.8, 4) is 6.07 Å². The van der Waals surface area contributed by atoms with Crippen LogP contribution in [0.1, 0.15) is 43.7 Å². The number of ether oxygens (including phenoxy) is 1. The average molecular weight is 276 g/mol. The summed E-state index contributed by atoms with van der Waals surface area (Å²) >= 11 is 0. The molecule has 0 bridgehead atoms. The Bertz CT molecular complexity index is 476. The fourth-order valence-corrected chi connectivity index (χ4v) is 2.68. The van der Waals surface area contributed by atoms with Crippen LogP contribution in [0.3, 0.4) is 0 Å². The predicted molar refractivity (Wildman–Crippen MR) is 75.6 cm³/mol. The molecule has 1 aliphatic carbocycles. The first-order chi connectivity index (χ1) is 9.72. The van der Waals surface area contributed by atoms with Gasteiger partial charge in [-0.2, -0.15) is 5.26 Å². The van der Waals surface area contributed by atoms with Crippen LogP contribution in [0, 0.1) is 17.1 Å². The van der Waals surface area contributed by atoms with Crippen molar-refractivity contribution in [3.05, 3.63) is 35.1 Å². The van der Waals surface area contributed by atoms with E-state index in [4.69, 9.17) is 10.00 Å². The highest BCUT2D eigenvalue weighted by atomic mass is 19.1. The number of hydrogen-bond acceptors (Lipinski definition) is 3. The van der Waals surface area contributed by atoms with Gasteiger partial charge in [0.05, 0.1) is 18.3 Å². The first kappa shape index (κ1) is 15.0. The van der Waals surface area contributed by atoms with Crippen LogP contribution < -0.4 is 5.32 Å². The number of nitrogens with one attached hydrogen (secondary N) is 1. The van der Waals surface area contributed by atoms with Crippen LogP contribution in [0.5, 0.6) is 0 Å². The fourth-order valence-electron chi connectivity index (χ4n) is 2.68. The van der Waals surface area contributed by atoms with E-state index in [-0.39, 0.29) is 11.7 Å². The fraction of sp³-hybridized carbons (Fsp3) is 0.562. The molecule has 4 heteroatoms. The van der Waals surface area contributed by atoms with Crippen molar-refractivity contribution in [2.75, 3.05) is 6.54 Å². The summed E-state index contributed by atoms with van der Waals surface area (Å²) in [5.74, 6) is -0.470. The Morgan fingerprint density at radius 2 is 2.10 bits per heavy atom. The van der Waals surface area contributed by atoms with E-state index in [1.54, 1.807) is 12.1 Å². The molecule has 1 aromatic rings. The summed E-state index contributed by atoms with van der Waals surface area (Å²) in [5, 5.41) is 12.3. The Labute approximate surface area is 119 Å². The van der Waals surface area contributed by atoms with Crippen molar-refractivity contribution >= 4 is 0 Å². The van der Waals surface area contributed by atoms with E-state index in [0.717, 1.165) is 37.8 Å². The molecular weight excluding hydrogens is 255 g/mol. The Kier molecular flexibility index (Phi) is 5.51. The van der Waals surface area contributed by atoms with Crippen molar-refractivity contribution < 1.29 is 9.13 Å². The summed E-state index contributed by atoms with van der Waals surface area (Å²) in [6, 6.07) is 7.06. The molecule has 0 saturated heterocycles. The topological polar surface area (TPSA) is 45.0 Å². The van der Waals surface area contributed by atoms with Crippen molar-refractivity contribution in [1.82, 2.24) is 5.32 Å². The summed E-state index contributed by atoms with van der Waals surface area (Å²) in [4.78, 5) is 0. The maximum Gasteiger partial charge on any atom is 0.140 e. The van der Waals surface area contributed by atoms with Crippen LogP contribution in [0.25, 0.3) is 0 Å². The molecule has 108 valence electrons. The quantitative estimate of drug-likeness (QED) is 0.898. The maximum absolute atomic E-state index is 13.2. The highest BCUT2D eigenvalue weighted by Gasteiger charge is 2.20. The lowest BCUT2D eigenvalue weighted by Crippen LogP contribution is -2.35. The smallest absolute Gasteiger partial charge is 0.140 e. The van der Waals surface area contributed by atoms with Gasteiger partial charge in [-0.15, -0.1) is 0 Å². The minimum absolute atomic E-state index is 0.0851. The number of nitrogens with zero attached hydrogens (tertiary/aromatic N) is 1. The van der Waals surface area contributed by atoms with Gasteiger partial charge in [-0.3, -0.25) is 0 Å².